The van der Waals surface area contributed by atoms with E-state index in [0.717, 1.165) is 12.0 Å². The number of benzene rings is 1. The van der Waals surface area contributed by atoms with Gasteiger partial charge >= 0.3 is 0 Å². The Morgan fingerprint density at radius 3 is 2.29 bits per heavy atom. The summed E-state index contributed by atoms with van der Waals surface area (Å²) in [4.78, 5) is 0.442. The number of hydrogen-bond donors (Lipinski definition) is 1. The average molecular weight is 253 g/mol. The van der Waals surface area contributed by atoms with E-state index in [2.05, 4.69) is 0 Å². The van der Waals surface area contributed by atoms with Crippen LogP contribution in [0.15, 0.2) is 29.2 Å². The summed E-state index contributed by atoms with van der Waals surface area (Å²) >= 11 is 0. The molecule has 1 aromatic carbocycles. The third kappa shape index (κ3) is 1.70. The summed E-state index contributed by atoms with van der Waals surface area (Å²) in [5.41, 5.74) is 6.73. The summed E-state index contributed by atoms with van der Waals surface area (Å²) in [6, 6.07) is 6.83. The van der Waals surface area contributed by atoms with Gasteiger partial charge in [0.25, 0.3) is 0 Å². The van der Waals surface area contributed by atoms with E-state index in [1.807, 2.05) is 19.1 Å². The topological polar surface area (TPSA) is 60.2 Å². The van der Waals surface area contributed by atoms with Crippen LogP contribution >= 0.6 is 0 Å². The molecular weight excluding hydrogens is 234 g/mol. The highest BCUT2D eigenvalue weighted by Crippen LogP contribution is 2.45. The van der Waals surface area contributed by atoms with Crippen LogP contribution in [0.1, 0.15) is 31.7 Å². The van der Waals surface area contributed by atoms with Crippen LogP contribution < -0.4 is 5.73 Å². The molecule has 1 aliphatic rings. The molecule has 0 spiro atoms. The van der Waals surface area contributed by atoms with Gasteiger partial charge < -0.3 is 5.73 Å². The molecule has 0 aliphatic heterocycles. The molecule has 1 atom stereocenters. The molecule has 0 saturated heterocycles. The Bertz CT molecular complexity index is 516. The van der Waals surface area contributed by atoms with Gasteiger partial charge in [-0.25, -0.2) is 8.42 Å². The molecule has 0 bridgehead atoms. The molecule has 1 saturated carbocycles. The van der Waals surface area contributed by atoms with Crippen LogP contribution in [-0.2, 0) is 9.84 Å². The molecule has 0 aromatic heterocycles. The SMILES string of the molecule is Cc1ccccc1S(=O)(=O)C1(C(C)N)CCC1. The van der Waals surface area contributed by atoms with E-state index in [9.17, 15) is 8.42 Å². The lowest BCUT2D eigenvalue weighted by Gasteiger charge is -2.44. The van der Waals surface area contributed by atoms with E-state index in [1.54, 1.807) is 19.1 Å². The van der Waals surface area contributed by atoms with Gasteiger partial charge in [0.1, 0.15) is 0 Å². The Morgan fingerprint density at radius 1 is 1.29 bits per heavy atom. The molecule has 0 radical (unpaired) electrons. The van der Waals surface area contributed by atoms with Crippen molar-refractivity contribution in [3.8, 4) is 0 Å². The van der Waals surface area contributed by atoms with E-state index in [0.29, 0.717) is 17.7 Å². The molecule has 17 heavy (non-hydrogen) atoms. The van der Waals surface area contributed by atoms with Crippen molar-refractivity contribution < 1.29 is 8.42 Å². The van der Waals surface area contributed by atoms with E-state index < -0.39 is 14.6 Å². The molecule has 1 fully saturated rings. The zero-order valence-electron chi connectivity index (χ0n) is 10.3. The lowest BCUT2D eigenvalue weighted by atomic mass is 9.79. The molecule has 1 unspecified atom stereocenters. The van der Waals surface area contributed by atoms with Crippen molar-refractivity contribution in [2.75, 3.05) is 0 Å². The van der Waals surface area contributed by atoms with Crippen LogP contribution in [-0.4, -0.2) is 19.2 Å². The fraction of sp³-hybridized carbons (Fsp3) is 0.538. The van der Waals surface area contributed by atoms with Crippen LogP contribution in [0.4, 0.5) is 0 Å². The van der Waals surface area contributed by atoms with Crippen molar-refractivity contribution in [2.45, 2.75) is 48.8 Å². The second-order valence-electron chi connectivity index (χ2n) is 4.98. The maximum atomic E-state index is 12.7. The summed E-state index contributed by atoms with van der Waals surface area (Å²) in [5.74, 6) is 0. The van der Waals surface area contributed by atoms with E-state index in [1.165, 1.54) is 0 Å². The predicted molar refractivity (Wildman–Crippen MR) is 68.6 cm³/mol. The van der Waals surface area contributed by atoms with Crippen LogP contribution in [0.3, 0.4) is 0 Å². The number of nitrogens with two attached hydrogens (primary N) is 1. The van der Waals surface area contributed by atoms with Crippen LogP contribution in [0.2, 0.25) is 0 Å². The molecule has 4 heteroatoms. The molecule has 2 N–H and O–H groups in total. The zero-order chi connectivity index (χ0) is 12.7. The summed E-state index contributed by atoms with van der Waals surface area (Å²) in [6.45, 7) is 3.63. The highest BCUT2D eigenvalue weighted by atomic mass is 32.2. The fourth-order valence-electron chi connectivity index (χ4n) is 2.57. The van der Waals surface area contributed by atoms with Gasteiger partial charge in [-0.3, -0.25) is 0 Å². The minimum Gasteiger partial charge on any atom is -0.327 e. The maximum absolute atomic E-state index is 12.7. The lowest BCUT2D eigenvalue weighted by Crippen LogP contribution is -2.57. The molecule has 0 amide bonds. The van der Waals surface area contributed by atoms with Crippen molar-refractivity contribution >= 4 is 9.84 Å². The second kappa shape index (κ2) is 4.10. The van der Waals surface area contributed by atoms with E-state index >= 15 is 0 Å². The van der Waals surface area contributed by atoms with Gasteiger partial charge in [0.15, 0.2) is 9.84 Å². The highest BCUT2D eigenvalue weighted by Gasteiger charge is 2.52. The number of rotatable bonds is 3. The molecule has 1 aliphatic carbocycles. The standard InChI is InChI=1S/C13H19NO2S/c1-10-6-3-4-7-12(10)17(15,16)13(11(2)14)8-5-9-13/h3-4,6-7,11H,5,8-9,14H2,1-2H3. The van der Waals surface area contributed by atoms with Gasteiger partial charge in [0.2, 0.25) is 0 Å². The van der Waals surface area contributed by atoms with Gasteiger partial charge in [-0.1, -0.05) is 24.6 Å². The first-order chi connectivity index (χ1) is 7.92. The molecule has 1 aromatic rings. The van der Waals surface area contributed by atoms with Gasteiger partial charge in [-0.2, -0.15) is 0 Å². The number of sulfone groups is 1. The van der Waals surface area contributed by atoms with Gasteiger partial charge in [0, 0.05) is 6.04 Å². The molecule has 94 valence electrons. The smallest absolute Gasteiger partial charge is 0.185 e. The first-order valence-corrected chi connectivity index (χ1v) is 7.46. The normalized spacial score (nSPS) is 20.6. The fourth-order valence-corrected chi connectivity index (χ4v) is 5.07. The minimum absolute atomic E-state index is 0.319. The monoisotopic (exact) mass is 253 g/mol. The van der Waals surface area contributed by atoms with Crippen LogP contribution in [0.25, 0.3) is 0 Å². The first kappa shape index (κ1) is 12.6. The minimum atomic E-state index is -3.32. The second-order valence-corrected chi connectivity index (χ2v) is 7.24. The van der Waals surface area contributed by atoms with Gasteiger partial charge in [0.05, 0.1) is 9.64 Å². The maximum Gasteiger partial charge on any atom is 0.185 e. The predicted octanol–water partition coefficient (Wildman–Crippen LogP) is 2.04. The quantitative estimate of drug-likeness (QED) is 0.896. The van der Waals surface area contributed by atoms with Crippen molar-refractivity contribution in [1.82, 2.24) is 0 Å². The van der Waals surface area contributed by atoms with E-state index in [4.69, 9.17) is 5.73 Å². The highest BCUT2D eigenvalue weighted by molar-refractivity contribution is 7.93. The van der Waals surface area contributed by atoms with Crippen molar-refractivity contribution in [2.24, 2.45) is 5.73 Å². The molecular formula is C13H19NO2S. The number of aryl methyl sites for hydroxylation is 1. The number of hydrogen-bond acceptors (Lipinski definition) is 3. The Balaban J connectivity index is 2.54. The molecule has 3 nitrogen and oxygen atoms in total. The zero-order valence-corrected chi connectivity index (χ0v) is 11.1. The van der Waals surface area contributed by atoms with Crippen molar-refractivity contribution in [3.05, 3.63) is 29.8 Å². The van der Waals surface area contributed by atoms with Crippen molar-refractivity contribution in [1.29, 1.82) is 0 Å². The average Bonchev–Trinajstić information content (AvgIpc) is 2.14. The third-order valence-electron chi connectivity index (χ3n) is 3.95. The largest absolute Gasteiger partial charge is 0.327 e. The Hall–Kier alpha value is -0.870. The summed E-state index contributed by atoms with van der Waals surface area (Å²) in [7, 11) is -3.32. The summed E-state index contributed by atoms with van der Waals surface area (Å²) < 4.78 is 24.7. The van der Waals surface area contributed by atoms with Crippen LogP contribution in [0, 0.1) is 6.92 Å². The van der Waals surface area contributed by atoms with Gasteiger partial charge in [-0.15, -0.1) is 0 Å². The first-order valence-electron chi connectivity index (χ1n) is 5.98. The molecule has 0 heterocycles. The van der Waals surface area contributed by atoms with Crippen LogP contribution in [0.5, 0.6) is 0 Å². The Labute approximate surface area is 103 Å². The van der Waals surface area contributed by atoms with Crippen molar-refractivity contribution in [3.63, 3.8) is 0 Å². The summed E-state index contributed by atoms with van der Waals surface area (Å²) in [6.07, 6.45) is 2.31. The third-order valence-corrected chi connectivity index (χ3v) is 6.84. The summed E-state index contributed by atoms with van der Waals surface area (Å²) in [5, 5.41) is 0. The van der Waals surface area contributed by atoms with Gasteiger partial charge in [-0.05, 0) is 38.3 Å². The Morgan fingerprint density at radius 2 is 1.88 bits per heavy atom. The van der Waals surface area contributed by atoms with E-state index in [-0.39, 0.29) is 6.04 Å². The Kier molecular flexibility index (Phi) is 3.04. The molecule has 2 rings (SSSR count). The lowest BCUT2D eigenvalue weighted by molar-refractivity contribution is 0.296.